The van der Waals surface area contributed by atoms with Crippen LogP contribution in [0.15, 0.2) is 29.4 Å². The van der Waals surface area contributed by atoms with Crippen LogP contribution in [-0.2, 0) is 4.74 Å². The zero-order valence-corrected chi connectivity index (χ0v) is 11.4. The number of H-pyrrole nitrogens is 1. The standard InChI is InChI=1S/C13H13FN4OS/c14-10-4-1-3-9(7-10)8-15-18-12(16-17-13(18)20)11-5-2-6-19-11/h1,3-4,7-8,11H,2,5-6H2,(H,17,20)/b15-8-/t11-/m1/s1. The Bertz CT molecular complexity index is 688. The summed E-state index contributed by atoms with van der Waals surface area (Å²) >= 11 is 5.15. The largest absolute Gasteiger partial charge is 0.370 e. The SMILES string of the molecule is Fc1cccc(/C=N\n2c([C@H]3CCCO3)n[nH]c2=S)c1. The Balaban J connectivity index is 1.90. The summed E-state index contributed by atoms with van der Waals surface area (Å²) in [5.41, 5.74) is 0.659. The van der Waals surface area contributed by atoms with Gasteiger partial charge in [-0.3, -0.25) is 5.10 Å². The van der Waals surface area contributed by atoms with E-state index in [0.717, 1.165) is 19.4 Å². The van der Waals surface area contributed by atoms with Crippen molar-refractivity contribution in [2.75, 3.05) is 6.61 Å². The first-order valence-corrected chi connectivity index (χ1v) is 6.74. The lowest BCUT2D eigenvalue weighted by Crippen LogP contribution is -2.05. The molecule has 0 unspecified atom stereocenters. The van der Waals surface area contributed by atoms with Crippen LogP contribution in [0.1, 0.15) is 30.3 Å². The molecule has 5 nitrogen and oxygen atoms in total. The zero-order chi connectivity index (χ0) is 13.9. The maximum atomic E-state index is 13.1. The van der Waals surface area contributed by atoms with E-state index in [0.29, 0.717) is 16.2 Å². The molecule has 2 aromatic rings. The van der Waals surface area contributed by atoms with E-state index in [9.17, 15) is 4.39 Å². The number of benzene rings is 1. The van der Waals surface area contributed by atoms with Gasteiger partial charge in [-0.1, -0.05) is 12.1 Å². The van der Waals surface area contributed by atoms with Gasteiger partial charge in [0.1, 0.15) is 11.9 Å². The van der Waals surface area contributed by atoms with Crippen LogP contribution in [0.3, 0.4) is 0 Å². The summed E-state index contributed by atoms with van der Waals surface area (Å²) in [6.45, 7) is 0.720. The van der Waals surface area contributed by atoms with Crippen LogP contribution < -0.4 is 0 Å². The summed E-state index contributed by atoms with van der Waals surface area (Å²) in [5, 5.41) is 11.1. The molecule has 3 rings (SSSR count). The molecule has 0 bridgehead atoms. The molecular weight excluding hydrogens is 279 g/mol. The molecule has 0 radical (unpaired) electrons. The minimum absolute atomic E-state index is 0.0902. The van der Waals surface area contributed by atoms with Gasteiger partial charge in [-0.25, -0.2) is 4.39 Å². The van der Waals surface area contributed by atoms with Gasteiger partial charge in [0.15, 0.2) is 5.82 Å². The van der Waals surface area contributed by atoms with Crippen LogP contribution in [0.5, 0.6) is 0 Å². The van der Waals surface area contributed by atoms with E-state index in [1.54, 1.807) is 18.3 Å². The molecular formula is C13H13FN4OS. The van der Waals surface area contributed by atoms with Crippen molar-refractivity contribution < 1.29 is 9.13 Å². The summed E-state index contributed by atoms with van der Waals surface area (Å²) in [5.74, 6) is 0.351. The molecule has 1 aromatic carbocycles. The highest BCUT2D eigenvalue weighted by atomic mass is 32.1. The summed E-state index contributed by atoms with van der Waals surface area (Å²) in [7, 11) is 0. The van der Waals surface area contributed by atoms with Gasteiger partial charge in [0.05, 0.1) is 6.21 Å². The molecule has 0 spiro atoms. The first-order chi connectivity index (χ1) is 9.74. The lowest BCUT2D eigenvalue weighted by Gasteiger charge is -2.07. The van der Waals surface area contributed by atoms with Gasteiger partial charge in [-0.2, -0.15) is 14.9 Å². The van der Waals surface area contributed by atoms with Gasteiger partial charge < -0.3 is 4.74 Å². The summed E-state index contributed by atoms with van der Waals surface area (Å²) in [4.78, 5) is 0. The predicted molar refractivity (Wildman–Crippen MR) is 74.7 cm³/mol. The van der Waals surface area contributed by atoms with E-state index in [2.05, 4.69) is 15.3 Å². The Hall–Kier alpha value is -1.86. The second kappa shape index (κ2) is 5.64. The Kier molecular flexibility index (Phi) is 3.70. The molecule has 0 aliphatic carbocycles. The van der Waals surface area contributed by atoms with Gasteiger partial charge >= 0.3 is 0 Å². The number of aromatic nitrogens is 3. The maximum absolute atomic E-state index is 13.1. The fraction of sp³-hybridized carbons (Fsp3) is 0.308. The second-order valence-corrected chi connectivity index (χ2v) is 4.89. The van der Waals surface area contributed by atoms with Crippen molar-refractivity contribution in [3.05, 3.63) is 46.2 Å². The van der Waals surface area contributed by atoms with Crippen LogP contribution in [0, 0.1) is 10.6 Å². The molecule has 20 heavy (non-hydrogen) atoms. The minimum atomic E-state index is -0.302. The second-order valence-electron chi connectivity index (χ2n) is 4.50. The highest BCUT2D eigenvalue weighted by Crippen LogP contribution is 2.26. The van der Waals surface area contributed by atoms with Crippen molar-refractivity contribution in [1.82, 2.24) is 14.9 Å². The lowest BCUT2D eigenvalue weighted by molar-refractivity contribution is 0.102. The molecule has 1 atom stereocenters. The van der Waals surface area contributed by atoms with Crippen LogP contribution in [0.2, 0.25) is 0 Å². The topological polar surface area (TPSA) is 55.2 Å². The van der Waals surface area contributed by atoms with Crippen LogP contribution >= 0.6 is 12.2 Å². The van der Waals surface area contributed by atoms with E-state index < -0.39 is 0 Å². The van der Waals surface area contributed by atoms with Crippen LogP contribution in [0.25, 0.3) is 0 Å². The molecule has 1 aromatic heterocycles. The Morgan fingerprint density at radius 2 is 2.45 bits per heavy atom. The van der Waals surface area contributed by atoms with Gasteiger partial charge in [0.25, 0.3) is 0 Å². The molecule has 7 heteroatoms. The molecule has 2 heterocycles. The molecule has 1 fully saturated rings. The fourth-order valence-corrected chi connectivity index (χ4v) is 2.30. The third-order valence-electron chi connectivity index (χ3n) is 3.06. The lowest BCUT2D eigenvalue weighted by atomic mass is 10.2. The van der Waals surface area contributed by atoms with E-state index >= 15 is 0 Å². The zero-order valence-electron chi connectivity index (χ0n) is 10.6. The van der Waals surface area contributed by atoms with Crippen molar-refractivity contribution >= 4 is 18.4 Å². The number of aromatic amines is 1. The number of nitrogens with zero attached hydrogens (tertiary/aromatic N) is 3. The normalized spacial score (nSPS) is 18.9. The highest BCUT2D eigenvalue weighted by Gasteiger charge is 2.23. The number of ether oxygens (including phenoxy) is 1. The first-order valence-electron chi connectivity index (χ1n) is 6.33. The molecule has 0 amide bonds. The van der Waals surface area contributed by atoms with Gasteiger partial charge in [0.2, 0.25) is 4.77 Å². The van der Waals surface area contributed by atoms with E-state index in [1.165, 1.54) is 16.8 Å². The smallest absolute Gasteiger partial charge is 0.216 e. The Morgan fingerprint density at radius 3 is 3.20 bits per heavy atom. The quantitative estimate of drug-likeness (QED) is 0.699. The van der Waals surface area contributed by atoms with Crippen molar-refractivity contribution in [3.63, 3.8) is 0 Å². The average Bonchev–Trinajstić information content (AvgIpc) is 3.06. The predicted octanol–water partition coefficient (Wildman–Crippen LogP) is 2.81. The summed E-state index contributed by atoms with van der Waals surface area (Å²) in [6.07, 6.45) is 3.35. The third-order valence-corrected chi connectivity index (χ3v) is 3.33. The number of hydrogen-bond donors (Lipinski definition) is 1. The van der Waals surface area contributed by atoms with E-state index in [-0.39, 0.29) is 11.9 Å². The van der Waals surface area contributed by atoms with Crippen LogP contribution in [-0.4, -0.2) is 27.7 Å². The van der Waals surface area contributed by atoms with Gasteiger partial charge in [0, 0.05) is 6.61 Å². The van der Waals surface area contributed by atoms with Crippen molar-refractivity contribution in [1.29, 1.82) is 0 Å². The number of halogens is 1. The number of hydrogen-bond acceptors (Lipinski definition) is 4. The van der Waals surface area contributed by atoms with Gasteiger partial charge in [-0.05, 0) is 42.8 Å². The number of rotatable bonds is 3. The highest BCUT2D eigenvalue weighted by molar-refractivity contribution is 7.71. The molecule has 1 N–H and O–H groups in total. The molecule has 104 valence electrons. The summed E-state index contributed by atoms with van der Waals surface area (Å²) < 4.78 is 20.6. The minimum Gasteiger partial charge on any atom is -0.370 e. The van der Waals surface area contributed by atoms with Crippen LogP contribution in [0.4, 0.5) is 4.39 Å². The van der Waals surface area contributed by atoms with Crippen molar-refractivity contribution in [2.24, 2.45) is 5.10 Å². The average molecular weight is 292 g/mol. The Labute approximate surface area is 120 Å². The fourth-order valence-electron chi connectivity index (χ4n) is 2.12. The molecule has 1 saturated heterocycles. The van der Waals surface area contributed by atoms with E-state index in [1.807, 2.05) is 0 Å². The number of nitrogens with one attached hydrogen (secondary N) is 1. The summed E-state index contributed by atoms with van der Waals surface area (Å²) in [6, 6.07) is 6.19. The Morgan fingerprint density at radius 1 is 1.55 bits per heavy atom. The van der Waals surface area contributed by atoms with E-state index in [4.69, 9.17) is 17.0 Å². The van der Waals surface area contributed by atoms with Gasteiger partial charge in [-0.15, -0.1) is 0 Å². The van der Waals surface area contributed by atoms with Crippen molar-refractivity contribution in [2.45, 2.75) is 18.9 Å². The first kappa shape index (κ1) is 13.1. The molecule has 0 saturated carbocycles. The molecule has 1 aliphatic rings. The molecule has 1 aliphatic heterocycles. The van der Waals surface area contributed by atoms with Crippen molar-refractivity contribution in [3.8, 4) is 0 Å². The monoisotopic (exact) mass is 292 g/mol. The maximum Gasteiger partial charge on any atom is 0.216 e. The third kappa shape index (κ3) is 2.68.